The first-order valence-corrected chi connectivity index (χ1v) is 11.3. The maximum Gasteiger partial charge on any atom is 0.339 e. The lowest BCUT2D eigenvalue weighted by Crippen LogP contribution is -2.16. The molecule has 0 amide bonds. The minimum absolute atomic E-state index is 0.0613. The van der Waals surface area contributed by atoms with E-state index < -0.39 is 13.3 Å². The van der Waals surface area contributed by atoms with Crippen LogP contribution in [-0.2, 0) is 13.6 Å². The number of thiazole rings is 1. The number of aromatic nitrogens is 1. The number of aryl methyl sites for hydroxylation is 2. The van der Waals surface area contributed by atoms with Crippen LogP contribution >= 0.6 is 18.9 Å². The number of nitrogens with zero attached hydrogens (tertiary/aromatic N) is 1. The van der Waals surface area contributed by atoms with Crippen LogP contribution in [0.2, 0.25) is 0 Å². The Morgan fingerprint density at radius 1 is 1.26 bits per heavy atom. The van der Waals surface area contributed by atoms with Gasteiger partial charge in [-0.3, -0.25) is 4.57 Å². The molecule has 1 unspecified atom stereocenters. The van der Waals surface area contributed by atoms with Gasteiger partial charge in [0.25, 0.3) is 0 Å². The number of anilines is 1. The predicted molar refractivity (Wildman–Crippen MR) is 108 cm³/mol. The van der Waals surface area contributed by atoms with E-state index >= 15 is 0 Å². The second-order valence-electron chi connectivity index (χ2n) is 5.95. The van der Waals surface area contributed by atoms with E-state index in [9.17, 15) is 9.67 Å². The second-order valence-corrected chi connectivity index (χ2v) is 9.03. The molecule has 9 heteroatoms. The van der Waals surface area contributed by atoms with Gasteiger partial charge in [-0.15, -0.1) is 11.3 Å². The van der Waals surface area contributed by atoms with E-state index in [-0.39, 0.29) is 19.0 Å². The minimum Gasteiger partial charge on any atom is -0.504 e. The highest BCUT2D eigenvalue weighted by Crippen LogP contribution is 2.61. The molecule has 1 aromatic carbocycles. The summed E-state index contributed by atoms with van der Waals surface area (Å²) in [5.74, 6) is 0.380. The molecule has 7 nitrogen and oxygen atoms in total. The van der Waals surface area contributed by atoms with Gasteiger partial charge in [-0.25, -0.2) is 4.98 Å². The molecule has 1 heterocycles. The first-order valence-electron chi connectivity index (χ1n) is 8.76. The van der Waals surface area contributed by atoms with Crippen molar-refractivity contribution in [3.8, 4) is 11.5 Å². The average Bonchev–Trinajstić information content (AvgIpc) is 3.03. The molecule has 27 heavy (non-hydrogen) atoms. The van der Waals surface area contributed by atoms with Crippen molar-refractivity contribution in [3.05, 3.63) is 34.3 Å². The van der Waals surface area contributed by atoms with E-state index in [1.807, 2.05) is 12.3 Å². The molecule has 2 aromatic rings. The van der Waals surface area contributed by atoms with Gasteiger partial charge >= 0.3 is 7.60 Å². The molecule has 0 aliphatic rings. The van der Waals surface area contributed by atoms with Crippen LogP contribution in [0, 0.1) is 13.8 Å². The fraction of sp³-hybridized carbons (Fsp3) is 0.500. The highest BCUT2D eigenvalue weighted by Gasteiger charge is 2.37. The standard InChI is InChI=1S/C18H27N2O5PS/c1-6-24-26(22,25-7-2)16(10-19-18-20-13(4)11-27-18)14-8-12(3)17(21)15(9-14)23-5/h8-9,11,16,21H,6-7,10H2,1-5H3,(H,19,20). The van der Waals surface area contributed by atoms with Gasteiger partial charge in [-0.05, 0) is 44.9 Å². The van der Waals surface area contributed by atoms with Crippen LogP contribution < -0.4 is 10.1 Å². The third-order valence-electron chi connectivity index (χ3n) is 3.96. The van der Waals surface area contributed by atoms with Crippen molar-refractivity contribution in [2.24, 2.45) is 0 Å². The topological polar surface area (TPSA) is 89.9 Å². The van der Waals surface area contributed by atoms with Crippen molar-refractivity contribution < 1.29 is 23.5 Å². The zero-order chi connectivity index (χ0) is 20.0. The number of hydrogen-bond donors (Lipinski definition) is 2. The first-order chi connectivity index (χ1) is 12.8. The van der Waals surface area contributed by atoms with E-state index in [0.29, 0.717) is 23.4 Å². The van der Waals surface area contributed by atoms with Gasteiger partial charge in [-0.2, -0.15) is 0 Å². The maximum atomic E-state index is 13.5. The van der Waals surface area contributed by atoms with Gasteiger partial charge in [0.15, 0.2) is 16.6 Å². The van der Waals surface area contributed by atoms with E-state index in [1.54, 1.807) is 32.9 Å². The highest BCUT2D eigenvalue weighted by molar-refractivity contribution is 7.54. The van der Waals surface area contributed by atoms with Crippen LogP contribution in [0.3, 0.4) is 0 Å². The molecule has 2 N–H and O–H groups in total. The highest BCUT2D eigenvalue weighted by atomic mass is 32.1. The summed E-state index contributed by atoms with van der Waals surface area (Å²) in [6.07, 6.45) is 0. The lowest BCUT2D eigenvalue weighted by atomic mass is 10.1. The first kappa shape index (κ1) is 21.7. The van der Waals surface area contributed by atoms with Gasteiger partial charge in [-0.1, -0.05) is 6.07 Å². The molecule has 0 spiro atoms. The van der Waals surface area contributed by atoms with Crippen LogP contribution in [0.25, 0.3) is 0 Å². The molecule has 1 atom stereocenters. The summed E-state index contributed by atoms with van der Waals surface area (Å²) in [6.45, 7) is 8.07. The van der Waals surface area contributed by atoms with Crippen molar-refractivity contribution in [2.45, 2.75) is 33.4 Å². The van der Waals surface area contributed by atoms with Crippen LogP contribution in [0.1, 0.15) is 36.3 Å². The van der Waals surface area contributed by atoms with E-state index in [2.05, 4.69) is 10.3 Å². The van der Waals surface area contributed by atoms with Crippen LogP contribution in [0.5, 0.6) is 11.5 Å². The molecule has 0 saturated carbocycles. The molecule has 2 rings (SSSR count). The number of benzene rings is 1. The van der Waals surface area contributed by atoms with E-state index in [1.165, 1.54) is 18.4 Å². The van der Waals surface area contributed by atoms with Crippen molar-refractivity contribution in [3.63, 3.8) is 0 Å². The molecule has 0 saturated heterocycles. The zero-order valence-electron chi connectivity index (χ0n) is 16.3. The number of hydrogen-bond acceptors (Lipinski definition) is 8. The Hall–Kier alpha value is -1.60. The van der Waals surface area contributed by atoms with Gasteiger partial charge in [0.2, 0.25) is 0 Å². The van der Waals surface area contributed by atoms with Gasteiger partial charge in [0.05, 0.1) is 26.0 Å². The predicted octanol–water partition coefficient (Wildman–Crippen LogP) is 4.89. The second kappa shape index (κ2) is 9.55. The number of phenols is 1. The summed E-state index contributed by atoms with van der Waals surface area (Å²) in [6, 6.07) is 3.45. The molecule has 0 aliphatic carbocycles. The summed E-state index contributed by atoms with van der Waals surface area (Å²) < 4.78 is 30.0. The van der Waals surface area contributed by atoms with Crippen LogP contribution in [-0.4, -0.2) is 37.0 Å². The molecular formula is C18H27N2O5PS. The van der Waals surface area contributed by atoms with Crippen molar-refractivity contribution >= 4 is 24.1 Å². The summed E-state index contributed by atoms with van der Waals surface area (Å²) in [5.41, 5.74) is 1.65. The Bertz CT molecular complexity index is 801. The summed E-state index contributed by atoms with van der Waals surface area (Å²) in [4.78, 5) is 4.39. The molecular weight excluding hydrogens is 387 g/mol. The quantitative estimate of drug-likeness (QED) is 0.535. The monoisotopic (exact) mass is 414 g/mol. The zero-order valence-corrected chi connectivity index (χ0v) is 18.0. The maximum absolute atomic E-state index is 13.5. The molecule has 150 valence electrons. The number of methoxy groups -OCH3 is 1. The summed E-state index contributed by atoms with van der Waals surface area (Å²) >= 11 is 1.48. The Balaban J connectivity index is 2.44. The molecule has 0 bridgehead atoms. The van der Waals surface area contributed by atoms with Crippen molar-refractivity contribution in [1.82, 2.24) is 4.98 Å². The van der Waals surface area contributed by atoms with Crippen LogP contribution in [0.15, 0.2) is 17.5 Å². The SMILES string of the molecule is CCOP(=O)(OCC)C(CNc1nc(C)cs1)c1cc(C)c(O)c(OC)c1. The number of ether oxygens (including phenoxy) is 1. The van der Waals surface area contributed by atoms with Gasteiger partial charge in [0, 0.05) is 11.9 Å². The largest absolute Gasteiger partial charge is 0.504 e. The summed E-state index contributed by atoms with van der Waals surface area (Å²) in [7, 11) is -1.99. The van der Waals surface area contributed by atoms with Crippen LogP contribution in [0.4, 0.5) is 5.13 Å². The number of rotatable bonds is 10. The number of nitrogens with one attached hydrogen (secondary N) is 1. The Kier molecular flexibility index (Phi) is 7.68. The number of aromatic hydroxyl groups is 1. The fourth-order valence-electron chi connectivity index (χ4n) is 2.73. The molecule has 1 aromatic heterocycles. The smallest absolute Gasteiger partial charge is 0.339 e. The summed E-state index contributed by atoms with van der Waals surface area (Å²) in [5, 5.41) is 16.0. The van der Waals surface area contributed by atoms with Crippen molar-refractivity contribution in [1.29, 1.82) is 0 Å². The number of phenolic OH excluding ortho intramolecular Hbond substituents is 1. The van der Waals surface area contributed by atoms with Gasteiger partial charge in [0.1, 0.15) is 5.66 Å². The minimum atomic E-state index is -3.47. The van der Waals surface area contributed by atoms with E-state index in [0.717, 1.165) is 10.8 Å². The third-order valence-corrected chi connectivity index (χ3v) is 7.36. The Morgan fingerprint density at radius 3 is 2.44 bits per heavy atom. The fourth-order valence-corrected chi connectivity index (χ4v) is 5.41. The lowest BCUT2D eigenvalue weighted by molar-refractivity contribution is 0.213. The molecule has 0 fully saturated rings. The van der Waals surface area contributed by atoms with Gasteiger partial charge < -0.3 is 24.2 Å². The van der Waals surface area contributed by atoms with Crippen molar-refractivity contribution in [2.75, 3.05) is 32.2 Å². The normalized spacial score (nSPS) is 12.8. The lowest BCUT2D eigenvalue weighted by Gasteiger charge is -2.27. The molecule has 0 aliphatic heterocycles. The Labute approximate surface area is 164 Å². The third kappa shape index (κ3) is 5.23. The Morgan fingerprint density at radius 2 is 1.93 bits per heavy atom. The molecule has 0 radical (unpaired) electrons. The van der Waals surface area contributed by atoms with E-state index in [4.69, 9.17) is 13.8 Å². The average molecular weight is 414 g/mol.